The average Bonchev–Trinajstić information content (AvgIpc) is 3.47. The van der Waals surface area contributed by atoms with E-state index in [1.165, 1.54) is 83.5 Å². The van der Waals surface area contributed by atoms with Crippen LogP contribution in [0.5, 0.6) is 0 Å². The molecule has 0 fully saturated rings. The molecule has 0 aliphatic carbocycles. The lowest BCUT2D eigenvalue weighted by Gasteiger charge is -2.21. The van der Waals surface area contributed by atoms with Crippen molar-refractivity contribution in [3.63, 3.8) is 0 Å². The largest absolute Gasteiger partial charge is 0.472 e. The van der Waals surface area contributed by atoms with Gasteiger partial charge in [-0.25, -0.2) is 4.57 Å². The fraction of sp³-hybridized carbons (Fsp3) is 0.700. The SMILES string of the molecule is CC/C=C\C/C=C\C/C=C\C/C=C\CCCCCCC(=O)OCC(COP(=O)(O)OCC(CO)OC(=O)CCCCCCCCCCC/C=C\C/C=C\CCCCC)OC(=O)CCCCCCCC/C=C\C/C=C\C/C=C\CCCCC. The van der Waals surface area contributed by atoms with Crippen LogP contribution in [0, 0.1) is 0 Å². The number of phosphoric ester groups is 1. The molecule has 0 saturated carbocycles. The molecule has 470 valence electrons. The monoisotopic (exact) mass is 1170 g/mol. The van der Waals surface area contributed by atoms with E-state index in [2.05, 4.69) is 130 Å². The van der Waals surface area contributed by atoms with Gasteiger partial charge in [-0.3, -0.25) is 23.4 Å². The maximum atomic E-state index is 13.0. The van der Waals surface area contributed by atoms with Gasteiger partial charge >= 0.3 is 25.7 Å². The number of carbonyl (C=O) groups excluding carboxylic acids is 3. The second-order valence-electron chi connectivity index (χ2n) is 21.5. The molecule has 0 aliphatic heterocycles. The van der Waals surface area contributed by atoms with Gasteiger partial charge in [0.25, 0.3) is 0 Å². The number of hydrogen-bond donors (Lipinski definition) is 2. The van der Waals surface area contributed by atoms with E-state index in [1.54, 1.807) is 0 Å². The van der Waals surface area contributed by atoms with Crippen LogP contribution in [-0.2, 0) is 42.2 Å². The molecule has 0 saturated heterocycles. The van der Waals surface area contributed by atoms with Gasteiger partial charge in [0.2, 0.25) is 0 Å². The first-order valence-corrected chi connectivity index (χ1v) is 34.3. The number of hydrogen-bond acceptors (Lipinski definition) is 10. The van der Waals surface area contributed by atoms with Crippen molar-refractivity contribution in [2.24, 2.45) is 0 Å². The van der Waals surface area contributed by atoms with Gasteiger partial charge in [0.05, 0.1) is 19.8 Å². The van der Waals surface area contributed by atoms with E-state index in [0.717, 1.165) is 135 Å². The average molecular weight is 1170 g/mol. The Hall–Kier alpha value is -3.86. The maximum absolute atomic E-state index is 13.0. The van der Waals surface area contributed by atoms with E-state index in [0.29, 0.717) is 19.3 Å². The Labute approximate surface area is 501 Å². The standard InChI is InChI=1S/C70H119O11P/c1-4-7-10-13-16-19-22-25-28-31-33-36-39-42-45-48-51-54-57-60-69(73)80-66(62-71)64-78-82(75,76)79-65-67(63-77-68(72)59-56-53-50-47-44-41-38-35-30-27-24-21-18-15-12-9-6-3)81-70(74)61-58-55-52-49-46-43-40-37-34-32-29-26-23-20-17-14-11-8-5-2/h9,12,16-21,25-30,34,37-38,41,66-67,71H,4-8,10-11,13-15,22-24,31-33,35-36,39-40,42-65H2,1-3H3,(H,75,76)/b12-9-,19-16-,20-17-,21-18-,28-25-,29-26-,30-27-,37-34-,41-38-. The Morgan fingerprint density at radius 2 is 0.634 bits per heavy atom. The molecule has 2 N–H and O–H groups in total. The Bertz CT molecular complexity index is 1790. The predicted molar refractivity (Wildman–Crippen MR) is 343 cm³/mol. The minimum atomic E-state index is -4.77. The van der Waals surface area contributed by atoms with E-state index in [4.69, 9.17) is 23.3 Å². The third-order valence-electron chi connectivity index (χ3n) is 13.6. The number of ether oxygens (including phenoxy) is 3. The molecule has 0 aromatic carbocycles. The number of phosphoric acid groups is 1. The van der Waals surface area contributed by atoms with Crippen LogP contribution in [0.15, 0.2) is 109 Å². The third kappa shape index (κ3) is 60.7. The Morgan fingerprint density at radius 1 is 0.354 bits per heavy atom. The number of unbranched alkanes of at least 4 members (excludes halogenated alkanes) is 25. The normalized spacial score (nSPS) is 14.0. The predicted octanol–water partition coefficient (Wildman–Crippen LogP) is 20.1. The first-order valence-electron chi connectivity index (χ1n) is 32.8. The van der Waals surface area contributed by atoms with Crippen LogP contribution in [0.4, 0.5) is 0 Å². The van der Waals surface area contributed by atoms with Crippen LogP contribution in [0.25, 0.3) is 0 Å². The summed E-state index contributed by atoms with van der Waals surface area (Å²) in [6.07, 6.45) is 77.4. The Morgan fingerprint density at radius 3 is 0.976 bits per heavy atom. The quantitative estimate of drug-likeness (QED) is 0.0197. The summed E-state index contributed by atoms with van der Waals surface area (Å²) in [6, 6.07) is 0. The van der Waals surface area contributed by atoms with Gasteiger partial charge < -0.3 is 24.2 Å². The topological polar surface area (TPSA) is 155 Å². The lowest BCUT2D eigenvalue weighted by molar-refractivity contribution is -0.161. The van der Waals surface area contributed by atoms with Gasteiger partial charge in [-0.15, -0.1) is 0 Å². The van der Waals surface area contributed by atoms with Crippen molar-refractivity contribution >= 4 is 25.7 Å². The molecule has 11 nitrogen and oxygen atoms in total. The highest BCUT2D eigenvalue weighted by atomic mass is 31.2. The van der Waals surface area contributed by atoms with E-state index in [1.807, 2.05) is 0 Å². The van der Waals surface area contributed by atoms with Crippen LogP contribution in [-0.4, -0.2) is 66.5 Å². The highest BCUT2D eigenvalue weighted by molar-refractivity contribution is 7.47. The summed E-state index contributed by atoms with van der Waals surface area (Å²) >= 11 is 0. The van der Waals surface area contributed by atoms with Crippen molar-refractivity contribution in [1.29, 1.82) is 0 Å². The number of rotatable bonds is 60. The summed E-state index contributed by atoms with van der Waals surface area (Å²) in [5, 5.41) is 9.87. The van der Waals surface area contributed by atoms with E-state index in [-0.39, 0.29) is 25.9 Å². The first kappa shape index (κ1) is 78.1. The fourth-order valence-electron chi connectivity index (χ4n) is 8.68. The minimum absolute atomic E-state index is 0.142. The van der Waals surface area contributed by atoms with Gasteiger partial charge in [-0.2, -0.15) is 0 Å². The molecular formula is C70H119O11P. The summed E-state index contributed by atoms with van der Waals surface area (Å²) in [7, 11) is -4.77. The molecule has 0 spiro atoms. The summed E-state index contributed by atoms with van der Waals surface area (Å²) < 4.78 is 39.7. The molecule has 3 unspecified atom stereocenters. The molecule has 0 aliphatic rings. The van der Waals surface area contributed by atoms with Crippen molar-refractivity contribution in [2.75, 3.05) is 26.4 Å². The molecule has 0 rings (SSSR count). The summed E-state index contributed by atoms with van der Waals surface area (Å²) in [4.78, 5) is 48.8. The molecule has 12 heteroatoms. The van der Waals surface area contributed by atoms with Gasteiger partial charge in [0.1, 0.15) is 12.7 Å². The van der Waals surface area contributed by atoms with Crippen molar-refractivity contribution in [1.82, 2.24) is 0 Å². The molecule has 0 heterocycles. The zero-order chi connectivity index (χ0) is 59.8. The van der Waals surface area contributed by atoms with Crippen LogP contribution < -0.4 is 0 Å². The first-order chi connectivity index (χ1) is 40.2. The maximum Gasteiger partial charge on any atom is 0.472 e. The molecule has 3 atom stereocenters. The van der Waals surface area contributed by atoms with Gasteiger partial charge in [-0.05, 0) is 128 Å². The molecule has 0 aromatic rings. The molecule has 0 radical (unpaired) electrons. The van der Waals surface area contributed by atoms with Crippen molar-refractivity contribution in [2.45, 2.75) is 290 Å². The Balaban J connectivity index is 4.75. The lowest BCUT2D eigenvalue weighted by Crippen LogP contribution is -2.30. The number of carbonyl (C=O) groups is 3. The van der Waals surface area contributed by atoms with Gasteiger partial charge in [0.15, 0.2) is 6.10 Å². The van der Waals surface area contributed by atoms with Crippen LogP contribution in [0.3, 0.4) is 0 Å². The zero-order valence-electron chi connectivity index (χ0n) is 52.2. The number of aliphatic hydroxyl groups excluding tert-OH is 1. The van der Waals surface area contributed by atoms with Gasteiger partial charge in [0, 0.05) is 19.3 Å². The van der Waals surface area contributed by atoms with E-state index < -0.39 is 57.8 Å². The van der Waals surface area contributed by atoms with Crippen LogP contribution in [0.1, 0.15) is 278 Å². The minimum Gasteiger partial charge on any atom is -0.462 e. The van der Waals surface area contributed by atoms with Crippen LogP contribution in [0.2, 0.25) is 0 Å². The lowest BCUT2D eigenvalue weighted by atomic mass is 10.1. The molecule has 0 amide bonds. The van der Waals surface area contributed by atoms with Crippen LogP contribution >= 0.6 is 7.82 Å². The molecule has 0 bridgehead atoms. The number of esters is 3. The van der Waals surface area contributed by atoms with Gasteiger partial charge in [-0.1, -0.05) is 239 Å². The summed E-state index contributed by atoms with van der Waals surface area (Å²) in [5.41, 5.74) is 0. The molecule has 82 heavy (non-hydrogen) atoms. The second-order valence-corrected chi connectivity index (χ2v) is 23.0. The third-order valence-corrected chi connectivity index (χ3v) is 14.6. The fourth-order valence-corrected chi connectivity index (χ4v) is 9.46. The molecular weight excluding hydrogens is 1050 g/mol. The zero-order valence-corrected chi connectivity index (χ0v) is 53.1. The number of allylic oxidation sites excluding steroid dienone is 18. The summed E-state index contributed by atoms with van der Waals surface area (Å²) in [6.45, 7) is 4.46. The Kier molecular flexibility index (Phi) is 60.2. The van der Waals surface area contributed by atoms with E-state index >= 15 is 0 Å². The summed E-state index contributed by atoms with van der Waals surface area (Å²) in [5.74, 6) is -1.51. The number of aliphatic hydroxyl groups is 1. The molecule has 0 aromatic heterocycles. The smallest absolute Gasteiger partial charge is 0.462 e. The highest BCUT2D eigenvalue weighted by Crippen LogP contribution is 2.43. The van der Waals surface area contributed by atoms with Crippen molar-refractivity contribution in [3.8, 4) is 0 Å². The highest BCUT2D eigenvalue weighted by Gasteiger charge is 2.28. The van der Waals surface area contributed by atoms with Crippen molar-refractivity contribution < 1.29 is 52.2 Å². The van der Waals surface area contributed by atoms with E-state index in [9.17, 15) is 28.9 Å². The van der Waals surface area contributed by atoms with Crippen molar-refractivity contribution in [3.05, 3.63) is 109 Å². The second kappa shape index (κ2) is 63.2.